The maximum absolute atomic E-state index is 12.6. The molecule has 0 amide bonds. The number of likely N-dealkylation sites (N-methyl/N-ethyl adjacent to an activating group) is 1. The molecule has 2 unspecified atom stereocenters. The Balaban J connectivity index is 4.57. The summed E-state index contributed by atoms with van der Waals surface area (Å²) < 4.78 is 34.0. The van der Waals surface area contributed by atoms with Gasteiger partial charge in [0.05, 0.1) is 27.7 Å². The first-order valence-electron chi connectivity index (χ1n) is 19.1. The average Bonchev–Trinajstić information content (AvgIpc) is 3.06. The minimum absolute atomic E-state index is 0.0164. The molecule has 0 aromatic heterocycles. The molecule has 0 aromatic rings. The lowest BCUT2D eigenvalue weighted by Crippen LogP contribution is -2.37. The summed E-state index contributed by atoms with van der Waals surface area (Å²) in [4.78, 5) is 35.1. The number of rotatable bonds is 33. The van der Waals surface area contributed by atoms with Gasteiger partial charge in [-0.15, -0.1) is 0 Å². The van der Waals surface area contributed by atoms with E-state index in [2.05, 4.69) is 19.9 Å². The van der Waals surface area contributed by atoms with Crippen molar-refractivity contribution >= 4 is 19.8 Å². The second kappa shape index (κ2) is 32.6. The van der Waals surface area contributed by atoms with Crippen LogP contribution < -0.4 is 0 Å². The van der Waals surface area contributed by atoms with Crippen molar-refractivity contribution in [3.05, 3.63) is 60.8 Å². The summed E-state index contributed by atoms with van der Waals surface area (Å²) in [5.41, 5.74) is 0. The molecule has 0 fully saturated rings. The summed E-state index contributed by atoms with van der Waals surface area (Å²) in [6.45, 7) is 4.16. The van der Waals surface area contributed by atoms with E-state index in [1.165, 1.54) is 64.2 Å². The Hall–Kier alpha value is -2.29. The second-order valence-electron chi connectivity index (χ2n) is 13.7. The summed E-state index contributed by atoms with van der Waals surface area (Å²) in [6.07, 6.45) is 37.1. The van der Waals surface area contributed by atoms with Gasteiger partial charge in [-0.1, -0.05) is 152 Å². The third-order valence-corrected chi connectivity index (χ3v) is 8.67. The second-order valence-corrected chi connectivity index (χ2v) is 15.2. The maximum atomic E-state index is 12.6. The van der Waals surface area contributed by atoms with E-state index < -0.39 is 32.5 Å². The number of nitrogens with zero attached hydrogens (tertiary/aromatic N) is 1. The summed E-state index contributed by atoms with van der Waals surface area (Å²) in [5.74, 6) is -0.890. The van der Waals surface area contributed by atoms with Crippen LogP contribution in [-0.2, 0) is 32.7 Å². The minimum Gasteiger partial charge on any atom is -0.462 e. The van der Waals surface area contributed by atoms with Gasteiger partial charge < -0.3 is 18.9 Å². The van der Waals surface area contributed by atoms with Crippen molar-refractivity contribution in [2.24, 2.45) is 0 Å². The highest BCUT2D eigenvalue weighted by Gasteiger charge is 2.27. The molecule has 288 valence electrons. The third-order valence-electron chi connectivity index (χ3n) is 7.69. The lowest BCUT2D eigenvalue weighted by atomic mass is 10.0. The van der Waals surface area contributed by atoms with Gasteiger partial charge in [-0.2, -0.15) is 0 Å². The smallest absolute Gasteiger partial charge is 0.462 e. The van der Waals surface area contributed by atoms with E-state index in [0.717, 1.165) is 25.7 Å². The zero-order chi connectivity index (χ0) is 37.2. The van der Waals surface area contributed by atoms with Crippen molar-refractivity contribution in [1.82, 2.24) is 0 Å². The van der Waals surface area contributed by atoms with Crippen molar-refractivity contribution in [2.45, 2.75) is 136 Å². The number of carbonyl (C=O) groups is 2. The molecule has 0 bridgehead atoms. The van der Waals surface area contributed by atoms with E-state index in [1.54, 1.807) is 0 Å². The van der Waals surface area contributed by atoms with Gasteiger partial charge in [-0.05, 0) is 25.7 Å². The van der Waals surface area contributed by atoms with Crippen LogP contribution in [0.1, 0.15) is 129 Å². The predicted molar refractivity (Wildman–Crippen MR) is 206 cm³/mol. The SMILES string of the molecule is CC/C=C/C=C/C=C/C=C/C=C/CCCC(=O)OC(COC(=O)CCCCCCCCCCCCCCC)COP(=O)(O)OCC[N+](C)(C)C. The van der Waals surface area contributed by atoms with Crippen LogP contribution in [0.4, 0.5) is 0 Å². The summed E-state index contributed by atoms with van der Waals surface area (Å²) >= 11 is 0. The number of phosphoric ester groups is 1. The molecule has 0 saturated heterocycles. The highest BCUT2D eigenvalue weighted by Crippen LogP contribution is 2.43. The van der Waals surface area contributed by atoms with Gasteiger partial charge in [0.1, 0.15) is 19.8 Å². The maximum Gasteiger partial charge on any atom is 0.472 e. The molecule has 2 atom stereocenters. The first-order chi connectivity index (χ1) is 24.0. The molecule has 9 nitrogen and oxygen atoms in total. The fourth-order valence-corrected chi connectivity index (χ4v) is 5.43. The van der Waals surface area contributed by atoms with Crippen LogP contribution in [0.25, 0.3) is 0 Å². The van der Waals surface area contributed by atoms with Crippen LogP contribution in [0, 0.1) is 0 Å². The fourth-order valence-electron chi connectivity index (χ4n) is 4.69. The van der Waals surface area contributed by atoms with Crippen molar-refractivity contribution in [3.63, 3.8) is 0 Å². The lowest BCUT2D eigenvalue weighted by Gasteiger charge is -2.24. The van der Waals surface area contributed by atoms with E-state index in [1.807, 2.05) is 75.8 Å². The predicted octanol–water partition coefficient (Wildman–Crippen LogP) is 10.1. The molecule has 0 radical (unpaired) electrons. The number of phosphoric acid groups is 1. The van der Waals surface area contributed by atoms with Gasteiger partial charge in [-0.25, -0.2) is 4.57 Å². The number of carbonyl (C=O) groups excluding carboxylic acids is 2. The Bertz CT molecular complexity index is 1040. The monoisotopic (exact) mass is 724 g/mol. The Morgan fingerprint density at radius 3 is 1.68 bits per heavy atom. The van der Waals surface area contributed by atoms with Crippen LogP contribution in [0.3, 0.4) is 0 Å². The molecule has 0 aliphatic rings. The van der Waals surface area contributed by atoms with Crippen LogP contribution in [0.5, 0.6) is 0 Å². The molecule has 0 aliphatic carbocycles. The number of unbranched alkanes of at least 4 members (excludes halogenated alkanes) is 13. The summed E-state index contributed by atoms with van der Waals surface area (Å²) in [5, 5.41) is 0. The number of hydrogen-bond acceptors (Lipinski definition) is 7. The van der Waals surface area contributed by atoms with E-state index in [4.69, 9.17) is 18.5 Å². The van der Waals surface area contributed by atoms with Gasteiger partial charge in [0.2, 0.25) is 0 Å². The highest BCUT2D eigenvalue weighted by atomic mass is 31.2. The minimum atomic E-state index is -4.39. The molecular formula is C40H71NO8P+. The first kappa shape index (κ1) is 47.7. The quantitative estimate of drug-likeness (QED) is 0.0234. The molecule has 0 aliphatic heterocycles. The van der Waals surface area contributed by atoms with E-state index in [0.29, 0.717) is 23.9 Å². The molecule has 0 spiro atoms. The van der Waals surface area contributed by atoms with Crippen LogP contribution in [0.2, 0.25) is 0 Å². The fraction of sp³-hybridized carbons (Fsp3) is 0.700. The topological polar surface area (TPSA) is 108 Å². The Morgan fingerprint density at radius 2 is 1.14 bits per heavy atom. The summed E-state index contributed by atoms with van der Waals surface area (Å²) in [7, 11) is 1.42. The molecular weight excluding hydrogens is 653 g/mol. The van der Waals surface area contributed by atoms with Crippen molar-refractivity contribution in [2.75, 3.05) is 47.5 Å². The highest BCUT2D eigenvalue weighted by molar-refractivity contribution is 7.47. The normalized spacial score (nSPS) is 14.4. The van der Waals surface area contributed by atoms with Crippen molar-refractivity contribution < 1.29 is 42.1 Å². The first-order valence-corrected chi connectivity index (χ1v) is 20.6. The number of esters is 2. The number of hydrogen-bond donors (Lipinski definition) is 1. The average molecular weight is 725 g/mol. The zero-order valence-corrected chi connectivity index (χ0v) is 33.0. The number of ether oxygens (including phenoxy) is 2. The molecule has 0 heterocycles. The molecule has 10 heteroatoms. The number of allylic oxidation sites excluding steroid dienone is 10. The van der Waals surface area contributed by atoms with Gasteiger partial charge >= 0.3 is 19.8 Å². The van der Waals surface area contributed by atoms with Crippen LogP contribution >= 0.6 is 7.82 Å². The zero-order valence-electron chi connectivity index (χ0n) is 32.1. The standard InChI is InChI=1S/C40H70NO8P/c1-6-8-10-12-14-16-18-20-22-24-26-28-30-32-39(42)46-36-38(37-48-50(44,45)47-35-34-41(3,4)5)49-40(43)33-31-29-27-25-23-21-19-17-15-13-11-9-7-2/h9,11,13,15,17,19,21,23,25,27,38H,6-8,10,12,14,16,18,20,22,24,26,28-37H2,1-5H3/p+1/b11-9+,15-13+,19-17+,23-21+,27-25+. The van der Waals surface area contributed by atoms with E-state index >= 15 is 0 Å². The van der Waals surface area contributed by atoms with Gasteiger partial charge in [0.15, 0.2) is 6.10 Å². The van der Waals surface area contributed by atoms with Crippen LogP contribution in [-0.4, -0.2) is 74.9 Å². The Labute approximate surface area is 305 Å². The molecule has 0 rings (SSSR count). The van der Waals surface area contributed by atoms with Gasteiger partial charge in [0, 0.05) is 12.8 Å². The van der Waals surface area contributed by atoms with Gasteiger partial charge in [0.25, 0.3) is 0 Å². The van der Waals surface area contributed by atoms with Gasteiger partial charge in [-0.3, -0.25) is 18.6 Å². The lowest BCUT2D eigenvalue weighted by molar-refractivity contribution is -0.870. The largest absolute Gasteiger partial charge is 0.472 e. The van der Waals surface area contributed by atoms with Crippen molar-refractivity contribution in [1.29, 1.82) is 0 Å². The molecule has 0 aromatic carbocycles. The van der Waals surface area contributed by atoms with E-state index in [9.17, 15) is 19.0 Å². The third kappa shape index (κ3) is 35.5. The Morgan fingerprint density at radius 1 is 0.640 bits per heavy atom. The molecule has 1 N–H and O–H groups in total. The van der Waals surface area contributed by atoms with E-state index in [-0.39, 0.29) is 26.1 Å². The number of quaternary nitrogens is 1. The van der Waals surface area contributed by atoms with Crippen molar-refractivity contribution in [3.8, 4) is 0 Å². The molecule has 50 heavy (non-hydrogen) atoms. The molecule has 0 saturated carbocycles. The summed E-state index contributed by atoms with van der Waals surface area (Å²) in [6, 6.07) is 0. The Kier molecular flexibility index (Phi) is 31.1. The van der Waals surface area contributed by atoms with Crippen LogP contribution in [0.15, 0.2) is 60.8 Å².